The zero-order chi connectivity index (χ0) is 17.9. The molecule has 0 spiro atoms. The predicted octanol–water partition coefficient (Wildman–Crippen LogP) is 6.22. The van der Waals surface area contributed by atoms with Gasteiger partial charge >= 0.3 is 0 Å². The van der Waals surface area contributed by atoms with Gasteiger partial charge in [0.2, 0.25) is 0 Å². The van der Waals surface area contributed by atoms with Crippen molar-refractivity contribution in [2.75, 3.05) is 0 Å². The van der Waals surface area contributed by atoms with E-state index in [0.717, 1.165) is 0 Å². The molecule has 0 aliphatic heterocycles. The van der Waals surface area contributed by atoms with Crippen molar-refractivity contribution in [2.24, 2.45) is 0 Å². The molecule has 1 aliphatic rings. The number of aromatic nitrogens is 2. The quantitative estimate of drug-likeness (QED) is 0.355. The van der Waals surface area contributed by atoms with Crippen LogP contribution in [0.25, 0.3) is 21.5 Å². The van der Waals surface area contributed by atoms with E-state index in [0.29, 0.717) is 5.92 Å². The van der Waals surface area contributed by atoms with Crippen LogP contribution in [0.3, 0.4) is 0 Å². The van der Waals surface area contributed by atoms with E-state index in [-0.39, 0.29) is 0 Å². The summed E-state index contributed by atoms with van der Waals surface area (Å²) in [6.07, 6.45) is 10.5. The van der Waals surface area contributed by atoms with Gasteiger partial charge in [-0.25, -0.2) is 0 Å². The maximum Gasteiger partial charge on any atom is 0.0451 e. The zero-order valence-corrected chi connectivity index (χ0v) is 15.4. The first-order valence-electron chi connectivity index (χ1n) is 9.39. The maximum absolute atomic E-state index is 3.72. The van der Waals surface area contributed by atoms with Gasteiger partial charge in [0.05, 0.1) is 0 Å². The Morgan fingerprint density at radius 3 is 2.23 bits per heavy atom. The molecule has 0 amide bonds. The SMILES string of the molecule is Cc1ccc2c(ccc3c4c(ccc32)CCC[C@H]4C)c1.c1cnccn1. The molecule has 0 N–H and O–H groups in total. The zero-order valence-electron chi connectivity index (χ0n) is 15.4. The Kier molecular flexibility index (Phi) is 4.66. The fourth-order valence-electron chi connectivity index (χ4n) is 4.13. The number of nitrogens with zero attached hydrogens (tertiary/aromatic N) is 2. The summed E-state index contributed by atoms with van der Waals surface area (Å²) in [6.45, 7) is 4.55. The molecule has 26 heavy (non-hydrogen) atoms. The second-order valence-electron chi connectivity index (χ2n) is 7.21. The second kappa shape index (κ2) is 7.25. The highest BCUT2D eigenvalue weighted by Gasteiger charge is 2.19. The van der Waals surface area contributed by atoms with Gasteiger partial charge in [-0.15, -0.1) is 0 Å². The smallest absolute Gasteiger partial charge is 0.0451 e. The van der Waals surface area contributed by atoms with Crippen LogP contribution in [0.15, 0.2) is 67.3 Å². The Morgan fingerprint density at radius 1 is 0.808 bits per heavy atom. The van der Waals surface area contributed by atoms with Crippen LogP contribution in [0.5, 0.6) is 0 Å². The standard InChI is InChI=1S/C20H20.C4H4N2/c1-13-6-9-17-16(12-13)8-11-19-18(17)10-7-15-5-3-4-14(2)20(15)19;1-2-6-4-3-5-1/h6-12,14H,3-5H2,1-2H3;1-4H/t14-;/m1./s1. The summed E-state index contributed by atoms with van der Waals surface area (Å²) in [5.41, 5.74) is 4.52. The van der Waals surface area contributed by atoms with Gasteiger partial charge < -0.3 is 0 Å². The molecule has 0 saturated carbocycles. The minimum Gasteiger partial charge on any atom is -0.262 e. The highest BCUT2D eigenvalue weighted by molar-refractivity contribution is 6.09. The summed E-state index contributed by atoms with van der Waals surface area (Å²) in [4.78, 5) is 7.44. The van der Waals surface area contributed by atoms with Gasteiger partial charge in [-0.2, -0.15) is 0 Å². The van der Waals surface area contributed by atoms with E-state index in [9.17, 15) is 0 Å². The minimum absolute atomic E-state index is 0.699. The van der Waals surface area contributed by atoms with Gasteiger partial charge in [0.15, 0.2) is 0 Å². The molecule has 0 unspecified atom stereocenters. The summed E-state index contributed by atoms with van der Waals surface area (Å²) >= 11 is 0. The van der Waals surface area contributed by atoms with Gasteiger partial charge in [-0.05, 0) is 64.8 Å². The third kappa shape index (κ3) is 3.20. The van der Waals surface area contributed by atoms with Gasteiger partial charge in [-0.1, -0.05) is 55.0 Å². The van der Waals surface area contributed by atoms with E-state index in [4.69, 9.17) is 0 Å². The molecule has 2 heteroatoms. The van der Waals surface area contributed by atoms with Crippen LogP contribution in [-0.4, -0.2) is 9.97 Å². The van der Waals surface area contributed by atoms with E-state index in [1.54, 1.807) is 35.9 Å². The molecule has 2 nitrogen and oxygen atoms in total. The van der Waals surface area contributed by atoms with Crippen molar-refractivity contribution in [1.29, 1.82) is 0 Å². The molecule has 0 bridgehead atoms. The lowest BCUT2D eigenvalue weighted by Crippen LogP contribution is -2.07. The summed E-state index contributed by atoms with van der Waals surface area (Å²) < 4.78 is 0. The molecule has 1 aliphatic carbocycles. The van der Waals surface area contributed by atoms with Crippen molar-refractivity contribution in [3.63, 3.8) is 0 Å². The highest BCUT2D eigenvalue weighted by Crippen LogP contribution is 2.38. The van der Waals surface area contributed by atoms with Crippen LogP contribution in [0.4, 0.5) is 0 Å². The Morgan fingerprint density at radius 2 is 1.50 bits per heavy atom. The van der Waals surface area contributed by atoms with E-state index in [1.165, 1.54) is 46.4 Å². The fraction of sp³-hybridized carbons (Fsp3) is 0.250. The molecule has 0 fully saturated rings. The maximum atomic E-state index is 3.72. The Balaban J connectivity index is 0.000000240. The number of benzene rings is 3. The number of hydrogen-bond acceptors (Lipinski definition) is 2. The first kappa shape index (κ1) is 16.7. The average Bonchev–Trinajstić information content (AvgIpc) is 2.69. The third-order valence-corrected chi connectivity index (χ3v) is 5.36. The molecule has 0 saturated heterocycles. The Hall–Kier alpha value is -2.74. The van der Waals surface area contributed by atoms with Gasteiger partial charge in [0.1, 0.15) is 0 Å². The molecule has 3 aromatic carbocycles. The second-order valence-corrected chi connectivity index (χ2v) is 7.21. The Bertz CT molecular complexity index is 1010. The van der Waals surface area contributed by atoms with Crippen LogP contribution in [0.2, 0.25) is 0 Å². The van der Waals surface area contributed by atoms with E-state index in [2.05, 4.69) is 66.3 Å². The molecule has 1 aromatic heterocycles. The van der Waals surface area contributed by atoms with E-state index < -0.39 is 0 Å². The van der Waals surface area contributed by atoms with Crippen LogP contribution < -0.4 is 0 Å². The number of hydrogen-bond donors (Lipinski definition) is 0. The lowest BCUT2D eigenvalue weighted by molar-refractivity contribution is 0.595. The van der Waals surface area contributed by atoms with E-state index in [1.807, 2.05) is 0 Å². The molecule has 1 atom stereocenters. The van der Waals surface area contributed by atoms with Crippen molar-refractivity contribution in [3.05, 3.63) is 83.9 Å². The summed E-state index contributed by atoms with van der Waals surface area (Å²) in [5.74, 6) is 0.699. The topological polar surface area (TPSA) is 25.8 Å². The predicted molar refractivity (Wildman–Crippen MR) is 110 cm³/mol. The number of aryl methyl sites for hydroxylation is 2. The minimum atomic E-state index is 0.699. The highest BCUT2D eigenvalue weighted by atomic mass is 14.7. The van der Waals surface area contributed by atoms with Crippen molar-refractivity contribution in [3.8, 4) is 0 Å². The lowest BCUT2D eigenvalue weighted by Gasteiger charge is -2.24. The molecule has 0 radical (unpaired) electrons. The molecule has 130 valence electrons. The first-order valence-corrected chi connectivity index (χ1v) is 9.39. The molecular formula is C24H24N2. The normalized spacial score (nSPS) is 16.0. The van der Waals surface area contributed by atoms with Gasteiger partial charge in [0.25, 0.3) is 0 Å². The number of fused-ring (bicyclic) bond motifs is 5. The van der Waals surface area contributed by atoms with Gasteiger partial charge in [0, 0.05) is 24.8 Å². The monoisotopic (exact) mass is 340 g/mol. The van der Waals surface area contributed by atoms with Crippen molar-refractivity contribution >= 4 is 21.5 Å². The summed E-state index contributed by atoms with van der Waals surface area (Å²) in [6, 6.07) is 16.1. The summed E-state index contributed by atoms with van der Waals surface area (Å²) in [5, 5.41) is 5.66. The number of rotatable bonds is 0. The van der Waals surface area contributed by atoms with Gasteiger partial charge in [-0.3, -0.25) is 9.97 Å². The van der Waals surface area contributed by atoms with Crippen molar-refractivity contribution < 1.29 is 0 Å². The molecule has 1 heterocycles. The van der Waals surface area contributed by atoms with Crippen LogP contribution >= 0.6 is 0 Å². The molecular weight excluding hydrogens is 316 g/mol. The fourth-order valence-corrected chi connectivity index (χ4v) is 4.13. The van der Waals surface area contributed by atoms with Crippen LogP contribution in [-0.2, 0) is 6.42 Å². The molecule has 5 rings (SSSR count). The average molecular weight is 340 g/mol. The third-order valence-electron chi connectivity index (χ3n) is 5.36. The Labute approximate surface area is 154 Å². The van der Waals surface area contributed by atoms with Crippen LogP contribution in [0.1, 0.15) is 42.4 Å². The van der Waals surface area contributed by atoms with Crippen molar-refractivity contribution in [2.45, 2.75) is 39.0 Å². The van der Waals surface area contributed by atoms with E-state index >= 15 is 0 Å². The first-order chi connectivity index (χ1) is 12.7. The van der Waals surface area contributed by atoms with Crippen LogP contribution in [0, 0.1) is 6.92 Å². The van der Waals surface area contributed by atoms with Crippen molar-refractivity contribution in [1.82, 2.24) is 9.97 Å². The molecule has 4 aromatic rings. The lowest BCUT2D eigenvalue weighted by atomic mass is 9.80. The summed E-state index contributed by atoms with van der Waals surface area (Å²) in [7, 11) is 0. The largest absolute Gasteiger partial charge is 0.262 e.